The number of sulfonamides is 1. The summed E-state index contributed by atoms with van der Waals surface area (Å²) in [5, 5.41) is 2.78. The first-order valence-electron chi connectivity index (χ1n) is 10.4. The van der Waals surface area contributed by atoms with Crippen LogP contribution in [0.15, 0.2) is 77.8 Å². The molecule has 2 N–H and O–H groups in total. The number of ether oxygens (including phenoxy) is 1. The Bertz CT molecular complexity index is 1430. The van der Waals surface area contributed by atoms with Crippen LogP contribution in [0.2, 0.25) is 0 Å². The number of carbonyl (C=O) groups excluding carboxylic acids is 1. The highest BCUT2D eigenvalue weighted by molar-refractivity contribution is 7.92. The summed E-state index contributed by atoms with van der Waals surface area (Å²) < 4.78 is 34.4. The fraction of sp³-hybridized carbons (Fsp3) is 0.120. The van der Waals surface area contributed by atoms with Crippen LogP contribution in [0.3, 0.4) is 0 Å². The van der Waals surface area contributed by atoms with E-state index in [1.807, 2.05) is 56.3 Å². The zero-order chi connectivity index (χ0) is 24.3. The Morgan fingerprint density at radius 2 is 1.74 bits per heavy atom. The molecule has 0 unspecified atom stereocenters. The number of nitrogens with zero attached hydrogens (tertiary/aromatic N) is 1. The van der Waals surface area contributed by atoms with Gasteiger partial charge in [0.1, 0.15) is 10.6 Å². The maximum atomic E-state index is 13.2. The summed E-state index contributed by atoms with van der Waals surface area (Å²) in [7, 11) is -2.59. The number of methoxy groups -OCH3 is 1. The van der Waals surface area contributed by atoms with Crippen molar-refractivity contribution < 1.29 is 17.9 Å². The Morgan fingerprint density at radius 3 is 2.41 bits per heavy atom. The maximum Gasteiger partial charge on any atom is 0.265 e. The number of para-hydroxylation sites is 1. The molecule has 0 aliphatic heterocycles. The van der Waals surface area contributed by atoms with Gasteiger partial charge in [0.25, 0.3) is 15.9 Å². The Balaban J connectivity index is 1.60. The zero-order valence-electron chi connectivity index (χ0n) is 18.8. The van der Waals surface area contributed by atoms with Crippen LogP contribution in [-0.2, 0) is 10.0 Å². The second-order valence-corrected chi connectivity index (χ2v) is 10.3. The average molecular weight is 494 g/mol. The van der Waals surface area contributed by atoms with Gasteiger partial charge in [-0.15, -0.1) is 11.3 Å². The molecule has 0 radical (unpaired) electrons. The number of amides is 1. The van der Waals surface area contributed by atoms with Crippen LogP contribution < -0.4 is 14.8 Å². The van der Waals surface area contributed by atoms with Crippen LogP contribution in [0.1, 0.15) is 20.8 Å². The molecule has 0 aliphatic carbocycles. The van der Waals surface area contributed by atoms with Crippen LogP contribution in [0, 0.1) is 13.8 Å². The summed E-state index contributed by atoms with van der Waals surface area (Å²) in [6, 6.07) is 19.2. The van der Waals surface area contributed by atoms with E-state index < -0.39 is 10.0 Å². The molecule has 0 saturated heterocycles. The molecule has 1 amide bonds. The number of aryl methyl sites for hydroxylation is 2. The number of hydrogen-bond acceptors (Lipinski definition) is 6. The number of hydrogen-bond donors (Lipinski definition) is 2. The molecule has 7 nitrogen and oxygen atoms in total. The van der Waals surface area contributed by atoms with Gasteiger partial charge in [-0.3, -0.25) is 14.5 Å². The third-order valence-corrected chi connectivity index (χ3v) is 7.65. The number of carbonyl (C=O) groups is 1. The Labute approximate surface area is 202 Å². The molecule has 174 valence electrons. The van der Waals surface area contributed by atoms with Crippen LogP contribution in [0.25, 0.3) is 10.6 Å². The van der Waals surface area contributed by atoms with Gasteiger partial charge in [-0.05, 0) is 67.4 Å². The second kappa shape index (κ2) is 9.66. The highest BCUT2D eigenvalue weighted by Gasteiger charge is 2.22. The Kier molecular flexibility index (Phi) is 6.67. The number of pyridine rings is 1. The molecule has 0 aliphatic rings. The van der Waals surface area contributed by atoms with Gasteiger partial charge in [-0.25, -0.2) is 8.42 Å². The van der Waals surface area contributed by atoms with Gasteiger partial charge in [0.2, 0.25) is 0 Å². The van der Waals surface area contributed by atoms with E-state index in [9.17, 15) is 13.2 Å². The topological polar surface area (TPSA) is 97.4 Å². The Morgan fingerprint density at radius 1 is 0.971 bits per heavy atom. The molecule has 9 heteroatoms. The first kappa shape index (κ1) is 23.5. The van der Waals surface area contributed by atoms with Gasteiger partial charge < -0.3 is 10.1 Å². The van der Waals surface area contributed by atoms with Gasteiger partial charge in [-0.2, -0.15) is 0 Å². The highest BCUT2D eigenvalue weighted by Crippen LogP contribution is 2.32. The number of anilines is 2. The third-order valence-electron chi connectivity index (χ3n) is 5.18. The quantitative estimate of drug-likeness (QED) is 0.355. The molecule has 0 fully saturated rings. The molecule has 0 atom stereocenters. The maximum absolute atomic E-state index is 13.2. The van der Waals surface area contributed by atoms with Crippen LogP contribution in [0.4, 0.5) is 11.4 Å². The van der Waals surface area contributed by atoms with Gasteiger partial charge in [0.05, 0.1) is 28.2 Å². The fourth-order valence-electron chi connectivity index (χ4n) is 3.43. The average Bonchev–Trinajstić information content (AvgIpc) is 3.33. The van der Waals surface area contributed by atoms with E-state index in [2.05, 4.69) is 15.0 Å². The van der Waals surface area contributed by atoms with Gasteiger partial charge >= 0.3 is 0 Å². The Hall–Kier alpha value is -3.69. The van der Waals surface area contributed by atoms with E-state index in [1.54, 1.807) is 18.3 Å². The summed E-state index contributed by atoms with van der Waals surface area (Å²) in [5.74, 6) is -0.172. The summed E-state index contributed by atoms with van der Waals surface area (Å²) in [6.45, 7) is 3.66. The SMILES string of the molecule is COc1ccc(NC(=O)c2ccc(-c3ccccn3)s2)cc1S(=O)(=O)Nc1c(C)cccc1C. The monoisotopic (exact) mass is 493 g/mol. The van der Waals surface area contributed by atoms with E-state index in [1.165, 1.54) is 30.6 Å². The number of nitrogens with one attached hydrogen (secondary N) is 2. The normalized spacial score (nSPS) is 11.1. The predicted octanol–water partition coefficient (Wildman–Crippen LogP) is 5.49. The minimum atomic E-state index is -3.99. The lowest BCUT2D eigenvalue weighted by Gasteiger charge is -2.16. The summed E-state index contributed by atoms with van der Waals surface area (Å²) >= 11 is 1.31. The summed E-state index contributed by atoms with van der Waals surface area (Å²) in [6.07, 6.45) is 1.70. The number of rotatable bonds is 7. The number of thiophene rings is 1. The van der Waals surface area contributed by atoms with Crippen LogP contribution in [0.5, 0.6) is 5.75 Å². The molecule has 2 aromatic carbocycles. The summed E-state index contributed by atoms with van der Waals surface area (Å²) in [4.78, 5) is 18.4. The first-order valence-corrected chi connectivity index (χ1v) is 12.7. The lowest BCUT2D eigenvalue weighted by Crippen LogP contribution is -2.17. The predicted molar refractivity (Wildman–Crippen MR) is 135 cm³/mol. The molecule has 34 heavy (non-hydrogen) atoms. The third kappa shape index (κ3) is 4.95. The molecule has 2 aromatic heterocycles. The van der Waals surface area contributed by atoms with Crippen LogP contribution in [-0.4, -0.2) is 26.4 Å². The highest BCUT2D eigenvalue weighted by atomic mass is 32.2. The van der Waals surface area contributed by atoms with E-state index in [0.29, 0.717) is 16.3 Å². The van der Waals surface area contributed by atoms with Crippen molar-refractivity contribution in [2.75, 3.05) is 17.1 Å². The van der Waals surface area contributed by atoms with Gasteiger partial charge in [-0.1, -0.05) is 24.3 Å². The second-order valence-electron chi connectivity index (χ2n) is 7.57. The summed E-state index contributed by atoms with van der Waals surface area (Å²) in [5.41, 5.74) is 3.23. The first-order chi connectivity index (χ1) is 16.3. The van der Waals surface area contributed by atoms with E-state index in [-0.39, 0.29) is 16.6 Å². The molecule has 4 aromatic rings. The van der Waals surface area contributed by atoms with Gasteiger partial charge in [0.15, 0.2) is 0 Å². The van der Waals surface area contributed by atoms with Gasteiger partial charge in [0, 0.05) is 11.9 Å². The lowest BCUT2D eigenvalue weighted by atomic mass is 10.1. The van der Waals surface area contributed by atoms with Crippen molar-refractivity contribution in [2.24, 2.45) is 0 Å². The molecular formula is C25H23N3O4S2. The molecule has 0 saturated carbocycles. The van der Waals surface area contributed by atoms with Crippen molar-refractivity contribution in [2.45, 2.75) is 18.7 Å². The van der Waals surface area contributed by atoms with Crippen LogP contribution >= 0.6 is 11.3 Å². The molecule has 4 rings (SSSR count). The van der Waals surface area contributed by atoms with Crippen molar-refractivity contribution in [3.63, 3.8) is 0 Å². The zero-order valence-corrected chi connectivity index (χ0v) is 20.5. The largest absolute Gasteiger partial charge is 0.495 e. The molecule has 2 heterocycles. The number of benzene rings is 2. The van der Waals surface area contributed by atoms with E-state index in [4.69, 9.17) is 4.74 Å². The molecule has 0 bridgehead atoms. The van der Waals surface area contributed by atoms with Crippen molar-refractivity contribution in [1.29, 1.82) is 0 Å². The van der Waals surface area contributed by atoms with E-state index >= 15 is 0 Å². The molecule has 0 spiro atoms. The van der Waals surface area contributed by atoms with Crippen molar-refractivity contribution >= 4 is 38.6 Å². The van der Waals surface area contributed by atoms with E-state index in [0.717, 1.165) is 21.7 Å². The smallest absolute Gasteiger partial charge is 0.265 e. The number of aromatic nitrogens is 1. The van der Waals surface area contributed by atoms with Crippen molar-refractivity contribution in [1.82, 2.24) is 4.98 Å². The standard InChI is InChI=1S/C25H23N3O4S2/c1-16-7-6-8-17(2)24(16)28-34(30,31)23-15-18(10-11-20(23)32-3)27-25(29)22-13-12-21(33-22)19-9-4-5-14-26-19/h4-15,28H,1-3H3,(H,27,29). The van der Waals surface area contributed by atoms with Crippen molar-refractivity contribution in [3.8, 4) is 16.3 Å². The lowest BCUT2D eigenvalue weighted by molar-refractivity contribution is 0.103. The minimum absolute atomic E-state index is 0.0733. The fourth-order valence-corrected chi connectivity index (χ4v) is 5.71. The molecular weight excluding hydrogens is 470 g/mol. The van der Waals surface area contributed by atoms with Crippen molar-refractivity contribution in [3.05, 3.63) is 88.9 Å². The minimum Gasteiger partial charge on any atom is -0.495 e.